The molecule has 0 amide bonds. The van der Waals surface area contributed by atoms with Gasteiger partial charge in [-0.3, -0.25) is 0 Å². The second-order valence-corrected chi connectivity index (χ2v) is 6.04. The van der Waals surface area contributed by atoms with E-state index in [0.29, 0.717) is 5.41 Å². The van der Waals surface area contributed by atoms with Crippen molar-refractivity contribution < 1.29 is 4.74 Å². The predicted molar refractivity (Wildman–Crippen MR) is 57.2 cm³/mol. The molecule has 0 unspecified atom stereocenters. The van der Waals surface area contributed by atoms with Gasteiger partial charge < -0.3 is 10.1 Å². The highest BCUT2D eigenvalue weighted by atomic mass is 79.9. The number of halogens is 1. The van der Waals surface area contributed by atoms with Gasteiger partial charge in [-0.15, -0.1) is 0 Å². The van der Waals surface area contributed by atoms with E-state index in [1.165, 1.54) is 0 Å². The molecule has 1 aromatic heterocycles. The highest BCUT2D eigenvalue weighted by Crippen LogP contribution is 2.28. The maximum atomic E-state index is 5.17. The van der Waals surface area contributed by atoms with E-state index in [4.69, 9.17) is 4.74 Å². The monoisotopic (exact) mass is 262 g/mol. The Morgan fingerprint density at radius 2 is 2.54 bits per heavy atom. The van der Waals surface area contributed by atoms with E-state index in [0.717, 1.165) is 28.7 Å². The standard InChI is InChI=1S/C8H11BrN2OS/c1-8(4-12-5-8)3-11-7-10-2-6(9)13-7/h2H,3-5H2,1H3,(H,10,11). The van der Waals surface area contributed by atoms with E-state index in [2.05, 4.69) is 33.2 Å². The molecule has 1 aliphatic heterocycles. The molecule has 0 bridgehead atoms. The molecule has 5 heteroatoms. The Balaban J connectivity index is 1.85. The van der Waals surface area contributed by atoms with Crippen molar-refractivity contribution in [2.75, 3.05) is 25.1 Å². The fraction of sp³-hybridized carbons (Fsp3) is 0.625. The summed E-state index contributed by atoms with van der Waals surface area (Å²) in [5.74, 6) is 0. The molecule has 0 aliphatic carbocycles. The lowest BCUT2D eigenvalue weighted by Crippen LogP contribution is -2.45. The van der Waals surface area contributed by atoms with Crippen LogP contribution in [0.15, 0.2) is 9.98 Å². The number of hydrogen-bond donors (Lipinski definition) is 1. The fourth-order valence-electron chi connectivity index (χ4n) is 1.18. The molecule has 1 fully saturated rings. The highest BCUT2D eigenvalue weighted by Gasteiger charge is 2.33. The van der Waals surface area contributed by atoms with Crippen molar-refractivity contribution in [2.24, 2.45) is 5.41 Å². The zero-order valence-corrected chi connectivity index (χ0v) is 9.74. The van der Waals surface area contributed by atoms with Gasteiger partial charge in [0, 0.05) is 12.0 Å². The molecule has 2 heterocycles. The summed E-state index contributed by atoms with van der Waals surface area (Å²) in [5.41, 5.74) is 0.304. The Labute approximate surface area is 89.6 Å². The maximum absolute atomic E-state index is 5.17. The quantitative estimate of drug-likeness (QED) is 0.909. The minimum Gasteiger partial charge on any atom is -0.380 e. The minimum atomic E-state index is 0.304. The summed E-state index contributed by atoms with van der Waals surface area (Å²) in [6.07, 6.45) is 1.81. The number of ether oxygens (including phenoxy) is 1. The average molecular weight is 263 g/mol. The molecule has 0 aromatic carbocycles. The molecule has 1 aliphatic rings. The number of nitrogens with one attached hydrogen (secondary N) is 1. The van der Waals surface area contributed by atoms with Gasteiger partial charge in [0.05, 0.1) is 23.2 Å². The molecule has 2 rings (SSSR count). The Morgan fingerprint density at radius 3 is 3.00 bits per heavy atom. The predicted octanol–water partition coefficient (Wildman–Crippen LogP) is 2.35. The van der Waals surface area contributed by atoms with E-state index in [1.807, 2.05) is 6.20 Å². The van der Waals surface area contributed by atoms with Crippen LogP contribution >= 0.6 is 27.3 Å². The molecule has 0 radical (unpaired) electrons. The van der Waals surface area contributed by atoms with E-state index in [-0.39, 0.29) is 0 Å². The summed E-state index contributed by atoms with van der Waals surface area (Å²) in [7, 11) is 0. The first kappa shape index (κ1) is 9.43. The molecular weight excluding hydrogens is 252 g/mol. The van der Waals surface area contributed by atoms with Crippen molar-refractivity contribution in [3.63, 3.8) is 0 Å². The zero-order chi connectivity index (χ0) is 9.31. The topological polar surface area (TPSA) is 34.2 Å². The van der Waals surface area contributed by atoms with E-state index >= 15 is 0 Å². The van der Waals surface area contributed by atoms with Crippen LogP contribution in [0.1, 0.15) is 6.92 Å². The first-order valence-corrected chi connectivity index (χ1v) is 5.72. The SMILES string of the molecule is CC1(CNc2ncc(Br)s2)COC1. The van der Waals surface area contributed by atoms with Crippen LogP contribution in [0.4, 0.5) is 5.13 Å². The summed E-state index contributed by atoms with van der Waals surface area (Å²) in [5, 5.41) is 4.28. The first-order valence-electron chi connectivity index (χ1n) is 4.11. The van der Waals surface area contributed by atoms with Gasteiger partial charge in [0.1, 0.15) is 0 Å². The van der Waals surface area contributed by atoms with Crippen LogP contribution < -0.4 is 5.32 Å². The Kier molecular flexibility index (Phi) is 2.58. The summed E-state index contributed by atoms with van der Waals surface area (Å²) >= 11 is 4.99. The van der Waals surface area contributed by atoms with Crippen LogP contribution in [-0.4, -0.2) is 24.7 Å². The van der Waals surface area contributed by atoms with E-state index in [9.17, 15) is 0 Å². The van der Waals surface area contributed by atoms with Crippen molar-refractivity contribution >= 4 is 32.4 Å². The van der Waals surface area contributed by atoms with Crippen LogP contribution in [0.25, 0.3) is 0 Å². The normalized spacial score (nSPS) is 19.5. The number of hydrogen-bond acceptors (Lipinski definition) is 4. The summed E-state index contributed by atoms with van der Waals surface area (Å²) in [4.78, 5) is 4.20. The third-order valence-electron chi connectivity index (χ3n) is 2.04. The fourth-order valence-corrected chi connectivity index (χ4v) is 2.28. The van der Waals surface area contributed by atoms with Gasteiger partial charge >= 0.3 is 0 Å². The molecular formula is C8H11BrN2OS. The van der Waals surface area contributed by atoms with Crippen molar-refractivity contribution in [3.05, 3.63) is 9.98 Å². The van der Waals surface area contributed by atoms with Crippen molar-refractivity contribution in [3.8, 4) is 0 Å². The lowest BCUT2D eigenvalue weighted by molar-refractivity contribution is -0.0924. The van der Waals surface area contributed by atoms with Gasteiger partial charge in [0.2, 0.25) is 0 Å². The second-order valence-electron chi connectivity index (χ2n) is 3.63. The van der Waals surface area contributed by atoms with Crippen molar-refractivity contribution in [1.29, 1.82) is 0 Å². The molecule has 0 atom stereocenters. The smallest absolute Gasteiger partial charge is 0.183 e. The highest BCUT2D eigenvalue weighted by molar-refractivity contribution is 9.11. The lowest BCUT2D eigenvalue weighted by atomic mass is 9.89. The molecule has 72 valence electrons. The van der Waals surface area contributed by atoms with Crippen LogP contribution in [0.2, 0.25) is 0 Å². The Bertz CT molecular complexity index is 298. The largest absolute Gasteiger partial charge is 0.380 e. The second kappa shape index (κ2) is 3.55. The van der Waals surface area contributed by atoms with E-state index < -0.39 is 0 Å². The zero-order valence-electron chi connectivity index (χ0n) is 7.34. The minimum absolute atomic E-state index is 0.304. The lowest BCUT2D eigenvalue weighted by Gasteiger charge is -2.37. The Hall–Kier alpha value is -0.130. The van der Waals surface area contributed by atoms with Crippen LogP contribution in [0.3, 0.4) is 0 Å². The Morgan fingerprint density at radius 1 is 1.77 bits per heavy atom. The number of aromatic nitrogens is 1. The number of rotatable bonds is 3. The van der Waals surface area contributed by atoms with Crippen LogP contribution in [0, 0.1) is 5.41 Å². The summed E-state index contributed by atoms with van der Waals surface area (Å²) < 4.78 is 6.23. The first-order chi connectivity index (χ1) is 6.18. The van der Waals surface area contributed by atoms with E-state index in [1.54, 1.807) is 11.3 Å². The molecule has 3 nitrogen and oxygen atoms in total. The number of thiazole rings is 1. The van der Waals surface area contributed by atoms with Gasteiger partial charge in [-0.25, -0.2) is 4.98 Å². The number of nitrogens with zero attached hydrogens (tertiary/aromatic N) is 1. The van der Waals surface area contributed by atoms with Gasteiger partial charge in [0.25, 0.3) is 0 Å². The molecule has 13 heavy (non-hydrogen) atoms. The van der Waals surface area contributed by atoms with Gasteiger partial charge in [-0.2, -0.15) is 0 Å². The van der Waals surface area contributed by atoms with Crippen LogP contribution in [0.5, 0.6) is 0 Å². The van der Waals surface area contributed by atoms with Crippen LogP contribution in [-0.2, 0) is 4.74 Å². The van der Waals surface area contributed by atoms with Gasteiger partial charge in [-0.1, -0.05) is 18.3 Å². The molecule has 1 saturated heterocycles. The molecule has 0 saturated carbocycles. The molecule has 0 spiro atoms. The maximum Gasteiger partial charge on any atom is 0.183 e. The van der Waals surface area contributed by atoms with Crippen molar-refractivity contribution in [2.45, 2.75) is 6.92 Å². The third kappa shape index (κ3) is 2.21. The molecule has 1 aromatic rings. The van der Waals surface area contributed by atoms with Gasteiger partial charge in [0.15, 0.2) is 5.13 Å². The van der Waals surface area contributed by atoms with Crippen molar-refractivity contribution in [1.82, 2.24) is 4.98 Å². The summed E-state index contributed by atoms with van der Waals surface area (Å²) in [6.45, 7) is 4.86. The third-order valence-corrected chi connectivity index (χ3v) is 3.48. The van der Waals surface area contributed by atoms with Gasteiger partial charge in [-0.05, 0) is 15.9 Å². The average Bonchev–Trinajstić information content (AvgIpc) is 2.44. The summed E-state index contributed by atoms with van der Waals surface area (Å²) in [6, 6.07) is 0. The number of anilines is 1. The molecule has 1 N–H and O–H groups in total.